The third kappa shape index (κ3) is 3.97. The average Bonchev–Trinajstić information content (AvgIpc) is 2.91. The van der Waals surface area contributed by atoms with E-state index in [4.69, 9.17) is 21.1 Å². The smallest absolute Gasteiger partial charge is 0.278 e. The van der Waals surface area contributed by atoms with E-state index < -0.39 is 5.91 Å². The molecule has 2 aromatic rings. The van der Waals surface area contributed by atoms with Crippen molar-refractivity contribution in [3.8, 4) is 5.75 Å². The van der Waals surface area contributed by atoms with Gasteiger partial charge in [-0.15, -0.1) is 0 Å². The van der Waals surface area contributed by atoms with Gasteiger partial charge < -0.3 is 14.8 Å². The van der Waals surface area contributed by atoms with Gasteiger partial charge in [0.25, 0.3) is 11.8 Å². The topological polar surface area (TPSA) is 67.9 Å². The number of carbonyl (C=O) groups is 2. The fourth-order valence-corrected chi connectivity index (χ4v) is 2.93. The molecule has 2 aromatic carbocycles. The minimum atomic E-state index is -0.398. The molecule has 6 nitrogen and oxygen atoms in total. The van der Waals surface area contributed by atoms with Crippen LogP contribution in [0.3, 0.4) is 0 Å². The Hall–Kier alpha value is -2.83. The summed E-state index contributed by atoms with van der Waals surface area (Å²) in [6.07, 6.45) is 0. The second kappa shape index (κ2) is 8.24. The molecule has 0 aliphatic carbocycles. The molecule has 0 radical (unpaired) electrons. The molecule has 0 spiro atoms. The van der Waals surface area contributed by atoms with Gasteiger partial charge in [0.15, 0.2) is 0 Å². The Labute approximate surface area is 162 Å². The molecular weight excluding hydrogens is 368 g/mol. The summed E-state index contributed by atoms with van der Waals surface area (Å²) < 4.78 is 10.2. The molecule has 1 aliphatic rings. The molecule has 2 amide bonds. The van der Waals surface area contributed by atoms with E-state index in [1.807, 2.05) is 0 Å². The van der Waals surface area contributed by atoms with Crippen molar-refractivity contribution in [1.82, 2.24) is 4.90 Å². The summed E-state index contributed by atoms with van der Waals surface area (Å²) in [6.45, 7) is 0.437. The van der Waals surface area contributed by atoms with Gasteiger partial charge in [-0.25, -0.2) is 0 Å². The van der Waals surface area contributed by atoms with Gasteiger partial charge in [-0.3, -0.25) is 14.5 Å². The van der Waals surface area contributed by atoms with Crippen molar-refractivity contribution in [3.63, 3.8) is 0 Å². The molecular formula is C20H19ClN2O4. The summed E-state index contributed by atoms with van der Waals surface area (Å²) in [7, 11) is 3.09. The fraction of sp³-hybridized carbons (Fsp3) is 0.200. The highest BCUT2D eigenvalue weighted by molar-refractivity contribution is 6.36. The number of nitrogens with one attached hydrogen (secondary N) is 1. The number of halogens is 1. The number of imide groups is 1. The van der Waals surface area contributed by atoms with Crippen molar-refractivity contribution in [2.24, 2.45) is 0 Å². The Morgan fingerprint density at radius 2 is 1.78 bits per heavy atom. The van der Waals surface area contributed by atoms with E-state index in [0.717, 1.165) is 0 Å². The van der Waals surface area contributed by atoms with E-state index in [0.29, 0.717) is 27.6 Å². The summed E-state index contributed by atoms with van der Waals surface area (Å²) in [5, 5.41) is 3.63. The Morgan fingerprint density at radius 1 is 1.04 bits per heavy atom. The van der Waals surface area contributed by atoms with Gasteiger partial charge in [-0.05, 0) is 29.8 Å². The minimum Gasteiger partial charge on any atom is -0.497 e. The normalized spacial score (nSPS) is 14.1. The monoisotopic (exact) mass is 386 g/mol. The molecule has 0 bridgehead atoms. The zero-order valence-electron chi connectivity index (χ0n) is 15.0. The molecule has 1 N–H and O–H groups in total. The molecule has 27 heavy (non-hydrogen) atoms. The molecule has 7 heteroatoms. The number of rotatable bonds is 7. The molecule has 0 unspecified atom stereocenters. The van der Waals surface area contributed by atoms with Crippen molar-refractivity contribution in [2.45, 2.75) is 0 Å². The Morgan fingerprint density at radius 3 is 2.44 bits per heavy atom. The highest BCUT2D eigenvalue weighted by Crippen LogP contribution is 2.31. The SMILES string of the molecule is COCCN1C(=O)C(Nc2cccc(OC)c2)=C(c2ccc(Cl)cc2)C1=O. The Balaban J connectivity index is 2.02. The van der Waals surface area contributed by atoms with Crippen molar-refractivity contribution in [2.75, 3.05) is 32.7 Å². The predicted octanol–water partition coefficient (Wildman–Crippen LogP) is 3.19. The van der Waals surface area contributed by atoms with Crippen LogP contribution >= 0.6 is 11.6 Å². The number of ether oxygens (including phenoxy) is 2. The van der Waals surface area contributed by atoms with E-state index in [2.05, 4.69) is 5.32 Å². The first-order valence-corrected chi connectivity index (χ1v) is 8.69. The largest absolute Gasteiger partial charge is 0.497 e. The lowest BCUT2D eigenvalue weighted by Gasteiger charge is -2.14. The van der Waals surface area contributed by atoms with Crippen molar-refractivity contribution in [3.05, 3.63) is 64.8 Å². The molecule has 0 saturated carbocycles. The summed E-state index contributed by atoms with van der Waals surface area (Å²) in [5.41, 5.74) is 1.77. The molecule has 3 rings (SSSR count). The van der Waals surface area contributed by atoms with E-state index in [-0.39, 0.29) is 24.8 Å². The third-order valence-electron chi connectivity index (χ3n) is 4.16. The number of carbonyl (C=O) groups excluding carboxylic acids is 2. The number of methoxy groups -OCH3 is 2. The van der Waals surface area contributed by atoms with Crippen LogP contribution in [0.5, 0.6) is 5.75 Å². The van der Waals surface area contributed by atoms with Crippen LogP contribution in [0.15, 0.2) is 54.2 Å². The lowest BCUT2D eigenvalue weighted by molar-refractivity contribution is -0.137. The van der Waals surface area contributed by atoms with Gasteiger partial charge in [0, 0.05) is 23.9 Å². The average molecular weight is 387 g/mol. The number of nitrogens with zero attached hydrogens (tertiary/aromatic N) is 1. The molecule has 1 aliphatic heterocycles. The quantitative estimate of drug-likeness (QED) is 0.740. The number of benzene rings is 2. The summed E-state index contributed by atoms with van der Waals surface area (Å²) >= 11 is 5.96. The summed E-state index contributed by atoms with van der Waals surface area (Å²) in [5.74, 6) is -0.128. The molecule has 140 valence electrons. The van der Waals surface area contributed by atoms with Gasteiger partial charge in [-0.1, -0.05) is 29.8 Å². The minimum absolute atomic E-state index is 0.175. The van der Waals surface area contributed by atoms with Crippen LogP contribution in [-0.4, -0.2) is 44.1 Å². The van der Waals surface area contributed by atoms with E-state index >= 15 is 0 Å². The first-order valence-electron chi connectivity index (χ1n) is 8.31. The molecule has 0 aromatic heterocycles. The first kappa shape index (κ1) is 18.9. The predicted molar refractivity (Wildman–Crippen MR) is 104 cm³/mol. The van der Waals surface area contributed by atoms with Crippen LogP contribution in [-0.2, 0) is 14.3 Å². The van der Waals surface area contributed by atoms with E-state index in [1.54, 1.807) is 55.6 Å². The highest BCUT2D eigenvalue weighted by Gasteiger charge is 2.38. The maximum absolute atomic E-state index is 12.9. The van der Waals surface area contributed by atoms with Crippen LogP contribution in [0.2, 0.25) is 5.02 Å². The second-order valence-electron chi connectivity index (χ2n) is 5.87. The van der Waals surface area contributed by atoms with Gasteiger partial charge >= 0.3 is 0 Å². The number of hydrogen-bond acceptors (Lipinski definition) is 5. The van der Waals surface area contributed by atoms with Crippen LogP contribution < -0.4 is 10.1 Å². The van der Waals surface area contributed by atoms with Crippen molar-refractivity contribution < 1.29 is 19.1 Å². The zero-order chi connectivity index (χ0) is 19.4. The fourth-order valence-electron chi connectivity index (χ4n) is 2.81. The van der Waals surface area contributed by atoms with E-state index in [1.165, 1.54) is 12.0 Å². The van der Waals surface area contributed by atoms with Gasteiger partial charge in [-0.2, -0.15) is 0 Å². The third-order valence-corrected chi connectivity index (χ3v) is 4.41. The first-order chi connectivity index (χ1) is 13.0. The van der Waals surface area contributed by atoms with Gasteiger partial charge in [0.1, 0.15) is 11.4 Å². The Bertz CT molecular complexity index is 893. The van der Waals surface area contributed by atoms with Crippen LogP contribution in [0.4, 0.5) is 5.69 Å². The van der Waals surface area contributed by atoms with Crippen LogP contribution in [0.25, 0.3) is 5.57 Å². The maximum Gasteiger partial charge on any atom is 0.278 e. The number of amides is 2. The molecule has 1 heterocycles. The van der Waals surface area contributed by atoms with Crippen LogP contribution in [0, 0.1) is 0 Å². The number of anilines is 1. The molecule has 0 fully saturated rings. The number of hydrogen-bond donors (Lipinski definition) is 1. The Kier molecular flexibility index (Phi) is 5.78. The zero-order valence-corrected chi connectivity index (χ0v) is 15.7. The van der Waals surface area contributed by atoms with Gasteiger partial charge in [0.05, 0.1) is 25.8 Å². The second-order valence-corrected chi connectivity index (χ2v) is 6.31. The summed E-state index contributed by atoms with van der Waals surface area (Å²) in [6, 6.07) is 13.9. The molecule has 0 atom stereocenters. The van der Waals surface area contributed by atoms with Crippen molar-refractivity contribution >= 4 is 34.7 Å². The standard InChI is InChI=1S/C20H19ClN2O4/c1-26-11-10-23-19(24)17(13-6-8-14(21)9-7-13)18(20(23)25)22-15-4-3-5-16(12-15)27-2/h3-9,12,22H,10-11H2,1-2H3. The van der Waals surface area contributed by atoms with Gasteiger partial charge in [0.2, 0.25) is 0 Å². The lowest BCUT2D eigenvalue weighted by Crippen LogP contribution is -2.35. The lowest BCUT2D eigenvalue weighted by atomic mass is 10.0. The van der Waals surface area contributed by atoms with Crippen LogP contribution in [0.1, 0.15) is 5.56 Å². The highest BCUT2D eigenvalue weighted by atomic mass is 35.5. The summed E-state index contributed by atoms with van der Waals surface area (Å²) in [4.78, 5) is 27.0. The van der Waals surface area contributed by atoms with E-state index in [9.17, 15) is 9.59 Å². The molecule has 0 saturated heterocycles. The van der Waals surface area contributed by atoms with Crippen molar-refractivity contribution in [1.29, 1.82) is 0 Å². The maximum atomic E-state index is 12.9.